The lowest BCUT2D eigenvalue weighted by Crippen LogP contribution is -2.73. The molecule has 4 saturated carbocycles. The molecule has 1 aromatic heterocycles. The summed E-state index contributed by atoms with van der Waals surface area (Å²) in [5.74, 6) is 1.76. The quantitative estimate of drug-likeness (QED) is 0.868. The Kier molecular flexibility index (Phi) is 4.23. The summed E-state index contributed by atoms with van der Waals surface area (Å²) < 4.78 is 6.28. The molecule has 25 heavy (non-hydrogen) atoms. The van der Waals surface area contributed by atoms with Crippen LogP contribution in [0.15, 0.2) is 12.1 Å². The fraction of sp³-hybridized carbons (Fsp3) is 0.737. The van der Waals surface area contributed by atoms with Gasteiger partial charge in [-0.1, -0.05) is 6.42 Å². The number of halogens is 1. The summed E-state index contributed by atoms with van der Waals surface area (Å²) in [5.41, 5.74) is 5.83. The standard InChI is InChI=1S/C19H26N2O2S.ClH/c1-23-19(16-6-5-15(24-16)17(20)22)13-3-2-4-14(19)11-21(10-13)18-7-12(8-18)9-18;/h5-6,12-14H,2-4,7-11H2,1H3,(H2,20,22);1H/t12?,13-,14+,18?,19+;. The molecular formula is C19H27ClN2O2S. The second-order valence-corrected chi connectivity index (χ2v) is 9.54. The van der Waals surface area contributed by atoms with E-state index in [1.807, 2.05) is 13.2 Å². The van der Waals surface area contributed by atoms with Gasteiger partial charge in [0.05, 0.1) is 4.88 Å². The summed E-state index contributed by atoms with van der Waals surface area (Å²) in [5, 5.41) is 0. The van der Waals surface area contributed by atoms with Crippen LogP contribution in [-0.2, 0) is 10.3 Å². The number of carbonyl (C=O) groups is 1. The van der Waals surface area contributed by atoms with Crippen LogP contribution >= 0.6 is 23.7 Å². The SMILES string of the molecule is CO[C@@]1(c2ccc(C(N)=O)s2)[C@@H]2CCC[C@H]1CN(C13CC(C1)C3)C2.Cl. The number of primary amides is 1. The zero-order chi connectivity index (χ0) is 16.5. The van der Waals surface area contributed by atoms with Gasteiger partial charge in [0.15, 0.2) is 0 Å². The van der Waals surface area contributed by atoms with Gasteiger partial charge in [0.1, 0.15) is 5.60 Å². The number of nitrogens with two attached hydrogens (primary N) is 1. The van der Waals surface area contributed by atoms with E-state index in [9.17, 15) is 4.79 Å². The third kappa shape index (κ3) is 2.29. The lowest BCUT2D eigenvalue weighted by atomic mass is 9.48. The molecule has 0 unspecified atom stereocenters. The van der Waals surface area contributed by atoms with Crippen molar-refractivity contribution < 1.29 is 9.53 Å². The number of amides is 1. The minimum absolute atomic E-state index is 0. The molecule has 6 rings (SSSR count). The van der Waals surface area contributed by atoms with Crippen molar-refractivity contribution in [3.8, 4) is 0 Å². The van der Waals surface area contributed by atoms with Crippen molar-refractivity contribution in [3.63, 3.8) is 0 Å². The molecular weight excluding hydrogens is 356 g/mol. The Morgan fingerprint density at radius 2 is 1.88 bits per heavy atom. The van der Waals surface area contributed by atoms with Crippen LogP contribution in [0.5, 0.6) is 0 Å². The minimum Gasteiger partial charge on any atom is -0.372 e. The molecule has 5 fully saturated rings. The normalized spacial score (nSPS) is 42.0. The van der Waals surface area contributed by atoms with Crippen molar-refractivity contribution in [3.05, 3.63) is 21.9 Å². The van der Waals surface area contributed by atoms with Crippen LogP contribution in [0.25, 0.3) is 0 Å². The Bertz CT molecular complexity index is 660. The fourth-order valence-corrected chi connectivity index (χ4v) is 7.34. The number of piperidine rings is 1. The minimum atomic E-state index is -0.325. The van der Waals surface area contributed by atoms with E-state index in [1.165, 1.54) is 43.4 Å². The van der Waals surface area contributed by atoms with Gasteiger partial charge in [0.25, 0.3) is 5.91 Å². The molecule has 1 amide bonds. The van der Waals surface area contributed by atoms with E-state index in [0.29, 0.717) is 22.3 Å². The van der Waals surface area contributed by atoms with E-state index in [-0.39, 0.29) is 23.9 Å². The van der Waals surface area contributed by atoms with Crippen molar-refractivity contribution in [1.29, 1.82) is 0 Å². The smallest absolute Gasteiger partial charge is 0.258 e. The zero-order valence-corrected chi connectivity index (χ0v) is 16.3. The molecule has 4 nitrogen and oxygen atoms in total. The number of thiophene rings is 1. The highest BCUT2D eigenvalue weighted by Gasteiger charge is 2.64. The Morgan fingerprint density at radius 3 is 2.32 bits per heavy atom. The maximum Gasteiger partial charge on any atom is 0.258 e. The van der Waals surface area contributed by atoms with Gasteiger partial charge >= 0.3 is 0 Å². The summed E-state index contributed by atoms with van der Waals surface area (Å²) in [6, 6.07) is 3.97. The molecule has 3 atom stereocenters. The predicted molar refractivity (Wildman–Crippen MR) is 101 cm³/mol. The van der Waals surface area contributed by atoms with Gasteiger partial charge in [-0.15, -0.1) is 23.7 Å². The highest BCUT2D eigenvalue weighted by Crippen LogP contribution is 2.63. The van der Waals surface area contributed by atoms with E-state index in [2.05, 4.69) is 11.0 Å². The number of hydrogen-bond donors (Lipinski definition) is 1. The second kappa shape index (κ2) is 5.95. The molecule has 6 heteroatoms. The van der Waals surface area contributed by atoms with E-state index in [0.717, 1.165) is 19.0 Å². The number of fused-ring (bicyclic) bond motifs is 2. The lowest BCUT2D eigenvalue weighted by molar-refractivity contribution is -0.225. The largest absolute Gasteiger partial charge is 0.372 e. The molecule has 0 aromatic carbocycles. The first-order valence-corrected chi connectivity index (χ1v) is 10.1. The fourth-order valence-electron chi connectivity index (χ4n) is 6.16. The van der Waals surface area contributed by atoms with Crippen molar-refractivity contribution in [2.24, 2.45) is 23.5 Å². The van der Waals surface area contributed by atoms with Crippen LogP contribution < -0.4 is 5.73 Å². The Morgan fingerprint density at radius 1 is 1.24 bits per heavy atom. The van der Waals surface area contributed by atoms with Crippen LogP contribution in [0.3, 0.4) is 0 Å². The first kappa shape index (κ1) is 17.8. The summed E-state index contributed by atoms with van der Waals surface area (Å²) in [7, 11) is 1.87. The number of hydrogen-bond acceptors (Lipinski definition) is 4. The van der Waals surface area contributed by atoms with Gasteiger partial charge in [-0.25, -0.2) is 0 Å². The van der Waals surface area contributed by atoms with E-state index in [4.69, 9.17) is 10.5 Å². The number of carbonyl (C=O) groups excluding carboxylic acids is 1. The predicted octanol–water partition coefficient (Wildman–Crippen LogP) is 3.39. The molecule has 138 valence electrons. The molecule has 2 heterocycles. The molecule has 0 radical (unpaired) electrons. The number of methoxy groups -OCH3 is 1. The molecule has 0 spiro atoms. The third-order valence-corrected chi connectivity index (χ3v) is 8.68. The average molecular weight is 383 g/mol. The maximum atomic E-state index is 11.6. The summed E-state index contributed by atoms with van der Waals surface area (Å²) in [6.07, 6.45) is 8.04. The Balaban J connectivity index is 0.00000157. The van der Waals surface area contributed by atoms with Crippen LogP contribution in [-0.4, -0.2) is 36.5 Å². The summed E-state index contributed by atoms with van der Waals surface area (Å²) in [6.45, 7) is 2.31. The van der Waals surface area contributed by atoms with Crippen molar-refractivity contribution in [2.45, 2.75) is 49.7 Å². The van der Waals surface area contributed by atoms with Crippen LogP contribution in [0.4, 0.5) is 0 Å². The number of likely N-dealkylation sites (tertiary alicyclic amines) is 1. The number of nitrogens with zero attached hydrogens (tertiary/aromatic N) is 1. The third-order valence-electron chi connectivity index (χ3n) is 7.45. The Labute approximate surface area is 159 Å². The van der Waals surface area contributed by atoms with E-state index < -0.39 is 0 Å². The summed E-state index contributed by atoms with van der Waals surface area (Å²) >= 11 is 1.55. The molecule has 5 aliphatic rings. The first-order valence-electron chi connectivity index (χ1n) is 9.28. The molecule has 1 aromatic rings. The van der Waals surface area contributed by atoms with Crippen LogP contribution in [0.1, 0.15) is 53.1 Å². The number of rotatable bonds is 4. The topological polar surface area (TPSA) is 55.6 Å². The van der Waals surface area contributed by atoms with Crippen molar-refractivity contribution >= 4 is 29.7 Å². The lowest BCUT2D eigenvalue weighted by Gasteiger charge is -2.70. The van der Waals surface area contributed by atoms with Gasteiger partial charge < -0.3 is 10.5 Å². The summed E-state index contributed by atoms with van der Waals surface area (Å²) in [4.78, 5) is 16.2. The van der Waals surface area contributed by atoms with Gasteiger partial charge in [0.2, 0.25) is 0 Å². The Hall–Kier alpha value is -0.620. The zero-order valence-electron chi connectivity index (χ0n) is 14.7. The van der Waals surface area contributed by atoms with Gasteiger partial charge in [-0.2, -0.15) is 0 Å². The molecule has 4 bridgehead atoms. The maximum absolute atomic E-state index is 11.6. The molecule has 1 saturated heterocycles. The number of ether oxygens (including phenoxy) is 1. The van der Waals surface area contributed by atoms with Gasteiger partial charge in [-0.3, -0.25) is 9.69 Å². The van der Waals surface area contributed by atoms with Crippen LogP contribution in [0, 0.1) is 17.8 Å². The molecule has 2 N–H and O–H groups in total. The highest BCUT2D eigenvalue weighted by molar-refractivity contribution is 7.14. The van der Waals surface area contributed by atoms with Crippen molar-refractivity contribution in [1.82, 2.24) is 4.90 Å². The van der Waals surface area contributed by atoms with E-state index >= 15 is 0 Å². The molecule has 1 aliphatic heterocycles. The van der Waals surface area contributed by atoms with Gasteiger partial charge in [-0.05, 0) is 50.2 Å². The van der Waals surface area contributed by atoms with Crippen molar-refractivity contribution in [2.75, 3.05) is 20.2 Å². The first-order chi connectivity index (χ1) is 11.6. The highest BCUT2D eigenvalue weighted by atomic mass is 35.5. The second-order valence-electron chi connectivity index (χ2n) is 8.46. The monoisotopic (exact) mass is 382 g/mol. The average Bonchev–Trinajstić information content (AvgIpc) is 2.93. The van der Waals surface area contributed by atoms with E-state index in [1.54, 1.807) is 11.3 Å². The molecule has 4 aliphatic carbocycles. The van der Waals surface area contributed by atoms with Crippen LogP contribution in [0.2, 0.25) is 0 Å². The van der Waals surface area contributed by atoms with Gasteiger partial charge in [0, 0.05) is 42.5 Å².